The topological polar surface area (TPSA) is 68.3 Å². The van der Waals surface area contributed by atoms with E-state index in [1.54, 1.807) is 35.6 Å². The Kier molecular flexibility index (Phi) is 4.46. The van der Waals surface area contributed by atoms with Crippen LogP contribution in [0.15, 0.2) is 34.5 Å². The lowest BCUT2D eigenvalue weighted by Gasteiger charge is -2.07. The molecular weight excluding hydrogens is 320 g/mol. The van der Waals surface area contributed by atoms with Gasteiger partial charge in [-0.15, -0.1) is 11.3 Å². The molecule has 0 aliphatic heterocycles. The zero-order valence-electron chi connectivity index (χ0n) is 12.3. The highest BCUT2D eigenvalue weighted by Gasteiger charge is 2.26. The van der Waals surface area contributed by atoms with Crippen molar-refractivity contribution in [2.24, 2.45) is 0 Å². The molecule has 1 saturated carbocycles. The quantitative estimate of drug-likeness (QED) is 0.843. The predicted molar refractivity (Wildman–Crippen MR) is 85.7 cm³/mol. The number of hydrogen-bond acceptors (Lipinski definition) is 5. The lowest BCUT2D eigenvalue weighted by atomic mass is 10.3. The molecule has 1 fully saturated rings. The van der Waals surface area contributed by atoms with E-state index in [0.29, 0.717) is 18.3 Å². The molecule has 0 spiro atoms. The summed E-state index contributed by atoms with van der Waals surface area (Å²) < 4.78 is 32.4. The number of thiazole rings is 1. The molecule has 0 radical (unpaired) electrons. The van der Waals surface area contributed by atoms with Crippen LogP contribution < -0.4 is 9.46 Å². The summed E-state index contributed by atoms with van der Waals surface area (Å²) >= 11 is 1.61. The van der Waals surface area contributed by atoms with Crippen molar-refractivity contribution in [1.82, 2.24) is 9.71 Å². The summed E-state index contributed by atoms with van der Waals surface area (Å²) in [5.41, 5.74) is 0.779. The van der Waals surface area contributed by atoms with Crippen molar-refractivity contribution in [2.45, 2.75) is 37.1 Å². The number of nitrogens with one attached hydrogen (secondary N) is 1. The molecule has 0 amide bonds. The Bertz CT molecular complexity index is 734. The molecule has 2 aromatic rings. The third-order valence-electron chi connectivity index (χ3n) is 3.38. The molecule has 0 bridgehead atoms. The van der Waals surface area contributed by atoms with Crippen LogP contribution in [0.5, 0.6) is 5.75 Å². The second-order valence-electron chi connectivity index (χ2n) is 5.18. The molecule has 22 heavy (non-hydrogen) atoms. The van der Waals surface area contributed by atoms with Gasteiger partial charge >= 0.3 is 0 Å². The minimum absolute atomic E-state index is 0.221. The summed E-state index contributed by atoms with van der Waals surface area (Å²) in [7, 11) is -3.53. The molecular formula is C15H18N2O3S2. The van der Waals surface area contributed by atoms with Gasteiger partial charge in [0.05, 0.1) is 28.7 Å². The summed E-state index contributed by atoms with van der Waals surface area (Å²) in [5.74, 6) is 1.26. The Morgan fingerprint density at radius 3 is 2.68 bits per heavy atom. The Morgan fingerprint density at radius 2 is 2.05 bits per heavy atom. The molecule has 118 valence electrons. The second-order valence-corrected chi connectivity index (χ2v) is 7.84. The first-order valence-electron chi connectivity index (χ1n) is 7.25. The summed E-state index contributed by atoms with van der Waals surface area (Å²) in [6.45, 7) is 2.66. The van der Waals surface area contributed by atoms with Gasteiger partial charge in [-0.3, -0.25) is 0 Å². The number of rotatable bonds is 7. The van der Waals surface area contributed by atoms with Crippen molar-refractivity contribution in [3.8, 4) is 5.75 Å². The molecule has 1 aromatic carbocycles. The van der Waals surface area contributed by atoms with Crippen LogP contribution in [0.3, 0.4) is 0 Å². The molecule has 1 N–H and O–H groups in total. The zero-order chi connectivity index (χ0) is 15.6. The third kappa shape index (κ3) is 3.66. The van der Waals surface area contributed by atoms with Gasteiger partial charge in [0.15, 0.2) is 0 Å². The van der Waals surface area contributed by atoms with Gasteiger partial charge < -0.3 is 4.74 Å². The number of ether oxygens (including phenoxy) is 1. The van der Waals surface area contributed by atoms with Crippen LogP contribution in [0.25, 0.3) is 0 Å². The summed E-state index contributed by atoms with van der Waals surface area (Å²) in [6, 6.07) is 6.41. The van der Waals surface area contributed by atoms with Gasteiger partial charge in [-0.05, 0) is 44.0 Å². The van der Waals surface area contributed by atoms with Crippen molar-refractivity contribution in [1.29, 1.82) is 0 Å². The SMILES string of the molecule is CCOc1ccc(S(=O)(=O)NCc2csc(C3CC3)n2)cc1. The maximum absolute atomic E-state index is 12.3. The van der Waals surface area contributed by atoms with Crippen molar-refractivity contribution < 1.29 is 13.2 Å². The maximum atomic E-state index is 12.3. The molecule has 3 rings (SSSR count). The van der Waals surface area contributed by atoms with Crippen LogP contribution in [0.4, 0.5) is 0 Å². The smallest absolute Gasteiger partial charge is 0.240 e. The third-order valence-corrected chi connectivity index (χ3v) is 5.86. The lowest BCUT2D eigenvalue weighted by Crippen LogP contribution is -2.23. The van der Waals surface area contributed by atoms with Crippen LogP contribution in [0, 0.1) is 0 Å². The fourth-order valence-electron chi connectivity index (χ4n) is 2.06. The summed E-state index contributed by atoms with van der Waals surface area (Å²) in [4.78, 5) is 4.71. The molecule has 1 aromatic heterocycles. The largest absolute Gasteiger partial charge is 0.494 e. The monoisotopic (exact) mass is 338 g/mol. The zero-order valence-corrected chi connectivity index (χ0v) is 13.9. The summed E-state index contributed by atoms with van der Waals surface area (Å²) in [6.07, 6.45) is 2.40. The standard InChI is InChI=1S/C15H18N2O3S2/c1-2-20-13-5-7-14(8-6-13)22(18,19)16-9-12-10-21-15(17-12)11-3-4-11/h5-8,10-11,16H,2-4,9H2,1H3. The first kappa shape index (κ1) is 15.5. The minimum Gasteiger partial charge on any atom is -0.494 e. The Labute approximate surface area is 134 Å². The van der Waals surface area contributed by atoms with E-state index in [9.17, 15) is 8.42 Å². The highest BCUT2D eigenvalue weighted by Crippen LogP contribution is 2.41. The van der Waals surface area contributed by atoms with E-state index in [1.165, 1.54) is 12.8 Å². The first-order valence-corrected chi connectivity index (χ1v) is 9.61. The number of hydrogen-bond donors (Lipinski definition) is 1. The number of benzene rings is 1. The highest BCUT2D eigenvalue weighted by molar-refractivity contribution is 7.89. The van der Waals surface area contributed by atoms with E-state index in [4.69, 9.17) is 4.74 Å². The minimum atomic E-state index is -3.53. The normalized spacial score (nSPS) is 15.0. The van der Waals surface area contributed by atoms with Crippen LogP contribution >= 0.6 is 11.3 Å². The Morgan fingerprint density at radius 1 is 1.32 bits per heavy atom. The van der Waals surface area contributed by atoms with Gasteiger partial charge in [-0.25, -0.2) is 18.1 Å². The molecule has 0 atom stereocenters. The van der Waals surface area contributed by atoms with Crippen LogP contribution in [-0.2, 0) is 16.6 Å². The van der Waals surface area contributed by atoms with Crippen molar-refractivity contribution in [3.63, 3.8) is 0 Å². The molecule has 0 unspecified atom stereocenters. The highest BCUT2D eigenvalue weighted by atomic mass is 32.2. The van der Waals surface area contributed by atoms with Crippen LogP contribution in [0.2, 0.25) is 0 Å². The lowest BCUT2D eigenvalue weighted by molar-refractivity contribution is 0.340. The molecule has 1 aliphatic rings. The van der Waals surface area contributed by atoms with Crippen LogP contribution in [-0.4, -0.2) is 20.0 Å². The molecule has 0 saturated heterocycles. The van der Waals surface area contributed by atoms with Crippen molar-refractivity contribution >= 4 is 21.4 Å². The van der Waals surface area contributed by atoms with Gasteiger partial charge in [-0.1, -0.05) is 0 Å². The van der Waals surface area contributed by atoms with Gasteiger partial charge in [0.2, 0.25) is 10.0 Å². The fraction of sp³-hybridized carbons (Fsp3) is 0.400. The van der Waals surface area contributed by atoms with Crippen LogP contribution in [0.1, 0.15) is 36.4 Å². The molecule has 5 nitrogen and oxygen atoms in total. The molecule has 1 heterocycles. The van der Waals surface area contributed by atoms with Gasteiger partial charge in [0, 0.05) is 11.3 Å². The van der Waals surface area contributed by atoms with Gasteiger partial charge in [0.25, 0.3) is 0 Å². The summed E-state index contributed by atoms with van der Waals surface area (Å²) in [5, 5.41) is 3.05. The van der Waals surface area contributed by atoms with E-state index in [2.05, 4.69) is 9.71 Å². The van der Waals surface area contributed by atoms with E-state index in [0.717, 1.165) is 10.7 Å². The van der Waals surface area contributed by atoms with E-state index >= 15 is 0 Å². The van der Waals surface area contributed by atoms with E-state index in [-0.39, 0.29) is 11.4 Å². The molecule has 7 heteroatoms. The van der Waals surface area contributed by atoms with Crippen molar-refractivity contribution in [2.75, 3.05) is 6.61 Å². The average molecular weight is 338 g/mol. The fourth-order valence-corrected chi connectivity index (χ4v) is 4.05. The second kappa shape index (κ2) is 6.36. The number of nitrogens with zero attached hydrogens (tertiary/aromatic N) is 1. The number of sulfonamides is 1. The van der Waals surface area contributed by atoms with Crippen molar-refractivity contribution in [3.05, 3.63) is 40.3 Å². The van der Waals surface area contributed by atoms with Gasteiger partial charge in [0.1, 0.15) is 5.75 Å². The number of aromatic nitrogens is 1. The van der Waals surface area contributed by atoms with Gasteiger partial charge in [-0.2, -0.15) is 0 Å². The Hall–Kier alpha value is -1.44. The van der Waals surface area contributed by atoms with E-state index < -0.39 is 10.0 Å². The van der Waals surface area contributed by atoms with E-state index in [1.807, 2.05) is 12.3 Å². The average Bonchev–Trinajstić information content (AvgIpc) is 3.25. The molecule has 1 aliphatic carbocycles. The maximum Gasteiger partial charge on any atom is 0.240 e. The predicted octanol–water partition coefficient (Wildman–Crippen LogP) is 2.90. The Balaban J connectivity index is 1.64. The first-order chi connectivity index (χ1) is 10.6.